The van der Waals surface area contributed by atoms with Crippen LogP contribution in [0, 0.1) is 10.1 Å². The zero-order valence-corrected chi connectivity index (χ0v) is 17.6. The molecule has 162 valence electrons. The minimum Gasteiger partial charge on any atom is -0.271 e. The molecule has 2 unspecified atom stereocenters. The molecule has 1 aliphatic heterocycles. The summed E-state index contributed by atoms with van der Waals surface area (Å²) in [6.07, 6.45) is 2.78. The fraction of sp³-hybridized carbons (Fsp3) is 0.250. The predicted octanol–water partition coefficient (Wildman–Crippen LogP) is 3.29. The first-order valence-electron chi connectivity index (χ1n) is 10.6. The van der Waals surface area contributed by atoms with Gasteiger partial charge in [-0.05, 0) is 71.3 Å². The second-order valence-corrected chi connectivity index (χ2v) is 8.26. The molecular formula is C24H23N5O3. The fourth-order valence-corrected chi connectivity index (χ4v) is 4.61. The van der Waals surface area contributed by atoms with Crippen LogP contribution in [0.25, 0.3) is 10.8 Å². The molecule has 1 saturated heterocycles. The van der Waals surface area contributed by atoms with Crippen molar-refractivity contribution < 1.29 is 9.72 Å². The van der Waals surface area contributed by atoms with Crippen molar-refractivity contribution in [3.05, 3.63) is 87.0 Å². The van der Waals surface area contributed by atoms with E-state index >= 15 is 0 Å². The first-order chi connectivity index (χ1) is 15.5. The normalized spacial score (nSPS) is 20.0. The molecule has 2 atom stereocenters. The molecule has 0 radical (unpaired) electrons. The molecule has 8 heteroatoms. The number of non-ortho nitro benzene ring substituents is 1. The number of carbonyl (C=O) groups is 1. The zero-order chi connectivity index (χ0) is 22.2. The number of aryl methyl sites for hydroxylation is 2. The van der Waals surface area contributed by atoms with Crippen LogP contribution in [0.4, 0.5) is 5.69 Å². The van der Waals surface area contributed by atoms with Gasteiger partial charge in [0.15, 0.2) is 0 Å². The number of hydrogen-bond acceptors (Lipinski definition) is 6. The Bertz CT molecular complexity index is 1240. The van der Waals surface area contributed by atoms with Crippen molar-refractivity contribution in [1.29, 1.82) is 0 Å². The fourth-order valence-electron chi connectivity index (χ4n) is 4.61. The van der Waals surface area contributed by atoms with E-state index in [2.05, 4.69) is 51.7 Å². The number of amides is 1. The van der Waals surface area contributed by atoms with E-state index in [1.165, 1.54) is 39.6 Å². The van der Waals surface area contributed by atoms with Crippen molar-refractivity contribution in [1.82, 2.24) is 16.3 Å². The number of nitro groups is 1. The van der Waals surface area contributed by atoms with Gasteiger partial charge in [0.1, 0.15) is 6.04 Å². The van der Waals surface area contributed by atoms with Crippen LogP contribution in [-0.4, -0.2) is 22.6 Å². The van der Waals surface area contributed by atoms with Gasteiger partial charge in [0.2, 0.25) is 0 Å². The Morgan fingerprint density at radius 2 is 1.81 bits per heavy atom. The minimum atomic E-state index is -0.449. The third-order valence-electron chi connectivity index (χ3n) is 6.34. The van der Waals surface area contributed by atoms with E-state index in [0.717, 1.165) is 12.8 Å². The third-order valence-corrected chi connectivity index (χ3v) is 6.34. The van der Waals surface area contributed by atoms with E-state index in [1.807, 2.05) is 0 Å². The summed E-state index contributed by atoms with van der Waals surface area (Å²) in [5, 5.41) is 17.6. The van der Waals surface area contributed by atoms with Crippen molar-refractivity contribution >= 4 is 28.1 Å². The highest BCUT2D eigenvalue weighted by Crippen LogP contribution is 2.36. The summed E-state index contributed by atoms with van der Waals surface area (Å²) < 4.78 is 0. The van der Waals surface area contributed by atoms with E-state index in [9.17, 15) is 14.9 Å². The van der Waals surface area contributed by atoms with Gasteiger partial charge < -0.3 is 0 Å². The first kappa shape index (κ1) is 20.3. The van der Waals surface area contributed by atoms with Crippen LogP contribution < -0.4 is 16.3 Å². The number of hydrazone groups is 1. The molecule has 3 aromatic carbocycles. The highest BCUT2D eigenvalue weighted by Gasteiger charge is 2.31. The van der Waals surface area contributed by atoms with Crippen LogP contribution in [0.1, 0.15) is 41.6 Å². The second kappa shape index (κ2) is 8.14. The number of benzene rings is 3. The maximum Gasteiger partial charge on any atom is 0.269 e. The molecule has 0 bridgehead atoms. The van der Waals surface area contributed by atoms with Gasteiger partial charge in [0.05, 0.1) is 10.6 Å². The van der Waals surface area contributed by atoms with Crippen molar-refractivity contribution in [2.45, 2.75) is 38.3 Å². The standard InChI is InChI=1S/C24H23N5O3/c1-14(15-7-10-18(11-8-15)29(31)32)25-28-24(30)22-13-21(26-27-22)19-12-9-17-6-5-16-3-2-4-20(19)23(16)17/h2-4,7-12,21-22,26-27H,5-6,13H2,1H3,(H,28,30)/b25-14-. The molecular weight excluding hydrogens is 406 g/mol. The summed E-state index contributed by atoms with van der Waals surface area (Å²) in [6.45, 7) is 1.75. The van der Waals surface area contributed by atoms with Gasteiger partial charge in [-0.2, -0.15) is 5.10 Å². The van der Waals surface area contributed by atoms with Gasteiger partial charge >= 0.3 is 0 Å². The summed E-state index contributed by atoms with van der Waals surface area (Å²) in [5.41, 5.74) is 14.3. The van der Waals surface area contributed by atoms with Crippen LogP contribution in [-0.2, 0) is 17.6 Å². The smallest absolute Gasteiger partial charge is 0.269 e. The van der Waals surface area contributed by atoms with Gasteiger partial charge in [0.25, 0.3) is 11.6 Å². The Balaban J connectivity index is 1.27. The number of carbonyl (C=O) groups excluding carboxylic acids is 1. The highest BCUT2D eigenvalue weighted by atomic mass is 16.6. The van der Waals surface area contributed by atoms with E-state index in [1.54, 1.807) is 19.1 Å². The minimum absolute atomic E-state index is 0.0147. The lowest BCUT2D eigenvalue weighted by atomic mass is 9.93. The van der Waals surface area contributed by atoms with Crippen LogP contribution >= 0.6 is 0 Å². The van der Waals surface area contributed by atoms with E-state index in [4.69, 9.17) is 0 Å². The topological polar surface area (TPSA) is 109 Å². The van der Waals surface area contributed by atoms with E-state index in [-0.39, 0.29) is 17.6 Å². The molecule has 1 fully saturated rings. The van der Waals surface area contributed by atoms with Crippen LogP contribution in [0.2, 0.25) is 0 Å². The molecule has 3 N–H and O–H groups in total. The van der Waals surface area contributed by atoms with Gasteiger partial charge in [-0.1, -0.05) is 30.3 Å². The Kier molecular flexibility index (Phi) is 5.16. The molecule has 1 aliphatic carbocycles. The average molecular weight is 429 g/mol. The van der Waals surface area contributed by atoms with Crippen molar-refractivity contribution in [2.75, 3.05) is 0 Å². The average Bonchev–Trinajstić information content (AvgIpc) is 3.47. The number of nitrogens with one attached hydrogen (secondary N) is 3. The highest BCUT2D eigenvalue weighted by molar-refractivity contribution is 5.99. The molecule has 5 rings (SSSR count). The SMILES string of the molecule is C/C(=N/NC(=O)C1CC(c2ccc3c4c(cccc24)CC3)NN1)c1ccc([N+](=O)[O-])cc1. The van der Waals surface area contributed by atoms with Gasteiger partial charge in [-0.25, -0.2) is 16.3 Å². The summed E-state index contributed by atoms with van der Waals surface area (Å²) in [6, 6.07) is 16.5. The monoisotopic (exact) mass is 429 g/mol. The Morgan fingerprint density at radius 3 is 2.56 bits per heavy atom. The first-order valence-corrected chi connectivity index (χ1v) is 10.6. The summed E-state index contributed by atoms with van der Waals surface area (Å²) in [7, 11) is 0. The molecule has 0 spiro atoms. The lowest BCUT2D eigenvalue weighted by molar-refractivity contribution is -0.384. The zero-order valence-electron chi connectivity index (χ0n) is 17.6. The number of rotatable bonds is 5. The van der Waals surface area contributed by atoms with Crippen LogP contribution in [0.3, 0.4) is 0 Å². The van der Waals surface area contributed by atoms with Crippen molar-refractivity contribution in [3.8, 4) is 0 Å². The molecule has 1 amide bonds. The molecule has 0 aromatic heterocycles. The number of hydrazine groups is 1. The molecule has 3 aromatic rings. The Hall–Kier alpha value is -3.62. The number of nitro benzene ring substituents is 1. The van der Waals surface area contributed by atoms with Crippen LogP contribution in [0.15, 0.2) is 59.7 Å². The Morgan fingerprint density at radius 1 is 1.06 bits per heavy atom. The Labute approximate surface area is 184 Å². The van der Waals surface area contributed by atoms with Gasteiger partial charge in [-0.15, -0.1) is 0 Å². The number of nitrogens with zero attached hydrogens (tertiary/aromatic N) is 2. The molecule has 2 aliphatic rings. The summed E-state index contributed by atoms with van der Waals surface area (Å²) in [5.74, 6) is -0.229. The third kappa shape index (κ3) is 3.63. The van der Waals surface area contributed by atoms with Crippen molar-refractivity contribution in [2.24, 2.45) is 5.10 Å². The largest absolute Gasteiger partial charge is 0.271 e. The number of hydrogen-bond donors (Lipinski definition) is 3. The van der Waals surface area contributed by atoms with E-state index < -0.39 is 11.0 Å². The molecule has 32 heavy (non-hydrogen) atoms. The van der Waals surface area contributed by atoms with Crippen LogP contribution in [0.5, 0.6) is 0 Å². The predicted molar refractivity (Wildman–Crippen MR) is 122 cm³/mol. The molecule has 8 nitrogen and oxygen atoms in total. The second-order valence-electron chi connectivity index (χ2n) is 8.26. The lowest BCUT2D eigenvalue weighted by Gasteiger charge is -2.14. The van der Waals surface area contributed by atoms with Gasteiger partial charge in [-0.3, -0.25) is 14.9 Å². The quantitative estimate of drug-likeness (QED) is 0.328. The maximum atomic E-state index is 12.7. The van der Waals surface area contributed by atoms with Crippen molar-refractivity contribution in [3.63, 3.8) is 0 Å². The summed E-state index contributed by atoms with van der Waals surface area (Å²) in [4.78, 5) is 23.0. The molecule has 1 heterocycles. The lowest BCUT2D eigenvalue weighted by Crippen LogP contribution is -2.41. The maximum absolute atomic E-state index is 12.7. The molecule has 0 saturated carbocycles. The van der Waals surface area contributed by atoms with E-state index in [0.29, 0.717) is 17.7 Å². The van der Waals surface area contributed by atoms with Gasteiger partial charge in [0, 0.05) is 18.2 Å². The summed E-state index contributed by atoms with van der Waals surface area (Å²) >= 11 is 0.